The Labute approximate surface area is 102 Å². The molecular formula is C14H30N2. The summed E-state index contributed by atoms with van der Waals surface area (Å²) in [6.45, 7) is 10.4. The average Bonchev–Trinajstić information content (AvgIpc) is 3.05. The molecule has 16 heavy (non-hydrogen) atoms. The monoisotopic (exact) mass is 226 g/mol. The number of likely N-dealkylation sites (N-methyl/N-ethyl adjacent to an activating group) is 1. The Morgan fingerprint density at radius 2 is 1.75 bits per heavy atom. The van der Waals surface area contributed by atoms with E-state index >= 15 is 0 Å². The van der Waals surface area contributed by atoms with Crippen molar-refractivity contribution in [3.8, 4) is 0 Å². The van der Waals surface area contributed by atoms with E-state index in [0.717, 1.165) is 18.5 Å². The summed E-state index contributed by atoms with van der Waals surface area (Å²) in [6, 6.07) is 2.22. The lowest BCUT2D eigenvalue weighted by Crippen LogP contribution is -2.41. The minimum absolute atomic E-state index is 0.664. The molecule has 2 atom stereocenters. The number of nitrogens with zero attached hydrogens (tertiary/aromatic N) is 1. The van der Waals surface area contributed by atoms with Gasteiger partial charge in [-0.25, -0.2) is 0 Å². The molecule has 1 aliphatic carbocycles. The third kappa shape index (κ3) is 5.31. The summed E-state index contributed by atoms with van der Waals surface area (Å²) in [7, 11) is 2.27. The maximum atomic E-state index is 3.66. The lowest BCUT2D eigenvalue weighted by atomic mass is 10.0. The second-order valence-electron chi connectivity index (χ2n) is 6.03. The van der Waals surface area contributed by atoms with Gasteiger partial charge in [0, 0.05) is 24.7 Å². The van der Waals surface area contributed by atoms with E-state index in [1.807, 2.05) is 0 Å². The van der Waals surface area contributed by atoms with Gasteiger partial charge in [0.2, 0.25) is 0 Å². The Bertz CT molecular complexity index is 187. The second-order valence-corrected chi connectivity index (χ2v) is 6.03. The van der Waals surface area contributed by atoms with Crippen LogP contribution in [-0.2, 0) is 0 Å². The van der Waals surface area contributed by atoms with Crippen LogP contribution in [-0.4, -0.2) is 36.6 Å². The van der Waals surface area contributed by atoms with Gasteiger partial charge < -0.3 is 5.32 Å². The van der Waals surface area contributed by atoms with Crippen LogP contribution in [0.1, 0.15) is 53.4 Å². The van der Waals surface area contributed by atoms with Gasteiger partial charge in [-0.3, -0.25) is 4.90 Å². The van der Waals surface area contributed by atoms with Crippen LogP contribution in [0.5, 0.6) is 0 Å². The summed E-state index contributed by atoms with van der Waals surface area (Å²) in [5.41, 5.74) is 0. The van der Waals surface area contributed by atoms with Crippen LogP contribution in [0.4, 0.5) is 0 Å². The van der Waals surface area contributed by atoms with Crippen LogP contribution in [0.15, 0.2) is 0 Å². The highest BCUT2D eigenvalue weighted by atomic mass is 15.2. The fraction of sp³-hybridized carbons (Fsp3) is 1.00. The third-order valence-corrected chi connectivity index (χ3v) is 3.76. The van der Waals surface area contributed by atoms with E-state index < -0.39 is 0 Å². The van der Waals surface area contributed by atoms with E-state index in [0.29, 0.717) is 12.1 Å². The molecule has 0 radical (unpaired) electrons. The van der Waals surface area contributed by atoms with E-state index in [4.69, 9.17) is 0 Å². The molecule has 0 saturated heterocycles. The molecule has 2 heteroatoms. The summed E-state index contributed by atoms with van der Waals surface area (Å²) in [4.78, 5) is 2.53. The fourth-order valence-electron chi connectivity index (χ4n) is 2.04. The Kier molecular flexibility index (Phi) is 5.77. The minimum Gasteiger partial charge on any atom is -0.313 e. The van der Waals surface area contributed by atoms with E-state index in [-0.39, 0.29) is 0 Å². The molecule has 0 aliphatic heterocycles. The largest absolute Gasteiger partial charge is 0.313 e. The first-order chi connectivity index (χ1) is 7.50. The van der Waals surface area contributed by atoms with Crippen molar-refractivity contribution in [1.29, 1.82) is 0 Å². The van der Waals surface area contributed by atoms with Crippen molar-refractivity contribution in [3.63, 3.8) is 0 Å². The Balaban J connectivity index is 2.07. The SMILES string of the molecule is CC(C)CCC(C)NCC(C)N(C)C1CC1. The molecule has 0 aromatic carbocycles. The standard InChI is InChI=1S/C14H30N2/c1-11(2)6-7-12(3)15-10-13(4)16(5)14-8-9-14/h11-15H,6-10H2,1-5H3. The summed E-state index contributed by atoms with van der Waals surface area (Å²) in [5, 5.41) is 3.66. The van der Waals surface area contributed by atoms with Crippen LogP contribution in [0.2, 0.25) is 0 Å². The van der Waals surface area contributed by atoms with Gasteiger partial charge >= 0.3 is 0 Å². The van der Waals surface area contributed by atoms with Gasteiger partial charge in [0.1, 0.15) is 0 Å². The van der Waals surface area contributed by atoms with Crippen molar-refractivity contribution in [2.75, 3.05) is 13.6 Å². The molecule has 0 spiro atoms. The number of hydrogen-bond acceptors (Lipinski definition) is 2. The maximum Gasteiger partial charge on any atom is 0.0192 e. The van der Waals surface area contributed by atoms with Crippen molar-refractivity contribution in [1.82, 2.24) is 10.2 Å². The molecule has 0 amide bonds. The molecule has 0 heterocycles. The van der Waals surface area contributed by atoms with Gasteiger partial charge in [0.05, 0.1) is 0 Å². The van der Waals surface area contributed by atoms with Crippen LogP contribution in [0, 0.1) is 5.92 Å². The van der Waals surface area contributed by atoms with Crippen molar-refractivity contribution in [2.24, 2.45) is 5.92 Å². The summed E-state index contributed by atoms with van der Waals surface area (Å²) in [6.07, 6.45) is 5.45. The topological polar surface area (TPSA) is 15.3 Å². The summed E-state index contributed by atoms with van der Waals surface area (Å²) >= 11 is 0. The molecule has 2 unspecified atom stereocenters. The number of rotatable bonds is 8. The number of nitrogens with one attached hydrogen (secondary N) is 1. The zero-order valence-electron chi connectivity index (χ0n) is 11.8. The Morgan fingerprint density at radius 3 is 2.25 bits per heavy atom. The molecule has 0 aromatic rings. The molecule has 96 valence electrons. The Morgan fingerprint density at radius 1 is 1.12 bits per heavy atom. The molecule has 0 bridgehead atoms. The highest BCUT2D eigenvalue weighted by molar-refractivity contribution is 4.86. The normalized spacial score (nSPS) is 20.4. The first-order valence-electron chi connectivity index (χ1n) is 6.96. The van der Waals surface area contributed by atoms with Crippen LogP contribution < -0.4 is 5.32 Å². The third-order valence-electron chi connectivity index (χ3n) is 3.76. The van der Waals surface area contributed by atoms with Crippen molar-refractivity contribution >= 4 is 0 Å². The fourth-order valence-corrected chi connectivity index (χ4v) is 2.04. The lowest BCUT2D eigenvalue weighted by Gasteiger charge is -2.26. The molecule has 1 rings (SSSR count). The number of hydrogen-bond donors (Lipinski definition) is 1. The van der Waals surface area contributed by atoms with Gasteiger partial charge in [0.25, 0.3) is 0 Å². The quantitative estimate of drug-likeness (QED) is 0.684. The van der Waals surface area contributed by atoms with Crippen LogP contribution >= 0.6 is 0 Å². The van der Waals surface area contributed by atoms with E-state index in [2.05, 4.69) is 45.0 Å². The smallest absolute Gasteiger partial charge is 0.0192 e. The molecule has 1 N–H and O–H groups in total. The first-order valence-corrected chi connectivity index (χ1v) is 6.96. The maximum absolute atomic E-state index is 3.66. The molecule has 2 nitrogen and oxygen atoms in total. The van der Waals surface area contributed by atoms with Crippen molar-refractivity contribution in [2.45, 2.75) is 71.5 Å². The molecule has 1 aliphatic rings. The predicted octanol–water partition coefficient (Wildman–Crippen LogP) is 2.88. The van der Waals surface area contributed by atoms with Gasteiger partial charge in [-0.2, -0.15) is 0 Å². The summed E-state index contributed by atoms with van der Waals surface area (Å²) < 4.78 is 0. The van der Waals surface area contributed by atoms with Crippen molar-refractivity contribution < 1.29 is 0 Å². The zero-order chi connectivity index (χ0) is 12.1. The van der Waals surface area contributed by atoms with Gasteiger partial charge in [-0.05, 0) is 52.5 Å². The van der Waals surface area contributed by atoms with E-state index in [1.165, 1.54) is 25.7 Å². The highest BCUT2D eigenvalue weighted by Gasteiger charge is 2.28. The minimum atomic E-state index is 0.664. The zero-order valence-corrected chi connectivity index (χ0v) is 11.8. The first kappa shape index (κ1) is 14.0. The second kappa shape index (κ2) is 6.61. The van der Waals surface area contributed by atoms with Crippen molar-refractivity contribution in [3.05, 3.63) is 0 Å². The highest BCUT2D eigenvalue weighted by Crippen LogP contribution is 2.26. The summed E-state index contributed by atoms with van der Waals surface area (Å²) in [5.74, 6) is 0.829. The van der Waals surface area contributed by atoms with Gasteiger partial charge in [0.15, 0.2) is 0 Å². The average molecular weight is 226 g/mol. The van der Waals surface area contributed by atoms with Gasteiger partial charge in [-0.15, -0.1) is 0 Å². The van der Waals surface area contributed by atoms with Crippen LogP contribution in [0.3, 0.4) is 0 Å². The predicted molar refractivity (Wildman–Crippen MR) is 71.8 cm³/mol. The molecule has 1 saturated carbocycles. The Hall–Kier alpha value is -0.0800. The van der Waals surface area contributed by atoms with E-state index in [1.54, 1.807) is 0 Å². The molecule has 1 fully saturated rings. The molecule has 0 aromatic heterocycles. The molecular weight excluding hydrogens is 196 g/mol. The van der Waals surface area contributed by atoms with Crippen LogP contribution in [0.25, 0.3) is 0 Å². The van der Waals surface area contributed by atoms with Gasteiger partial charge in [-0.1, -0.05) is 13.8 Å². The van der Waals surface area contributed by atoms with E-state index in [9.17, 15) is 0 Å². The lowest BCUT2D eigenvalue weighted by molar-refractivity contribution is 0.234.